The van der Waals surface area contributed by atoms with Gasteiger partial charge in [-0.15, -0.1) is 0 Å². The van der Waals surface area contributed by atoms with Crippen molar-refractivity contribution in [1.29, 1.82) is 0 Å². The first-order valence-electron chi connectivity index (χ1n) is 12.9. The average molecular weight is 480 g/mol. The van der Waals surface area contributed by atoms with E-state index in [1.54, 1.807) is 0 Å². The Kier molecular flexibility index (Phi) is 16.7. The lowest BCUT2D eigenvalue weighted by atomic mass is 9.99. The van der Waals surface area contributed by atoms with E-state index in [1.807, 2.05) is 0 Å². The van der Waals surface area contributed by atoms with E-state index in [4.69, 9.17) is 15.2 Å². The molecular weight excluding hydrogens is 430 g/mol. The van der Waals surface area contributed by atoms with Crippen LogP contribution in [0.2, 0.25) is 0 Å². The van der Waals surface area contributed by atoms with Gasteiger partial charge in [0.1, 0.15) is 24.4 Å². The molecule has 33 heavy (non-hydrogen) atoms. The molecule has 0 amide bonds. The number of rotatable bonds is 19. The molecule has 1 rings (SSSR count). The predicted molar refractivity (Wildman–Crippen MR) is 125 cm³/mol. The van der Waals surface area contributed by atoms with Crippen LogP contribution in [0.15, 0.2) is 0 Å². The quantitative estimate of drug-likeness (QED) is 0.133. The van der Waals surface area contributed by atoms with Crippen molar-refractivity contribution in [2.24, 2.45) is 5.73 Å². The third-order valence-corrected chi connectivity index (χ3v) is 6.49. The van der Waals surface area contributed by atoms with Crippen molar-refractivity contribution in [1.82, 2.24) is 0 Å². The highest BCUT2D eigenvalue weighted by Gasteiger charge is 2.44. The van der Waals surface area contributed by atoms with E-state index in [9.17, 15) is 30.6 Å². The van der Waals surface area contributed by atoms with Crippen molar-refractivity contribution < 1.29 is 40.1 Å². The molecule has 0 spiro atoms. The van der Waals surface area contributed by atoms with Gasteiger partial charge in [-0.05, 0) is 6.42 Å². The summed E-state index contributed by atoms with van der Waals surface area (Å²) in [7, 11) is 0. The lowest BCUT2D eigenvalue weighted by Gasteiger charge is -2.40. The van der Waals surface area contributed by atoms with Gasteiger partial charge < -0.3 is 45.8 Å². The molecule has 1 aliphatic heterocycles. The third-order valence-electron chi connectivity index (χ3n) is 6.49. The van der Waals surface area contributed by atoms with Crippen molar-refractivity contribution >= 4 is 0 Å². The minimum absolute atomic E-state index is 0.237. The number of nitrogens with two attached hydrogens (primary N) is 1. The molecule has 0 saturated carbocycles. The van der Waals surface area contributed by atoms with E-state index < -0.39 is 55.6 Å². The fourth-order valence-corrected chi connectivity index (χ4v) is 4.16. The molecule has 8 N–H and O–H groups in total. The van der Waals surface area contributed by atoms with Gasteiger partial charge in [-0.3, -0.25) is 0 Å². The molecule has 1 aliphatic rings. The smallest absolute Gasteiger partial charge is 0.186 e. The Morgan fingerprint density at radius 2 is 1.30 bits per heavy atom. The fourth-order valence-electron chi connectivity index (χ4n) is 4.16. The molecule has 198 valence electrons. The zero-order valence-electron chi connectivity index (χ0n) is 20.3. The molecule has 0 aromatic carbocycles. The van der Waals surface area contributed by atoms with Gasteiger partial charge in [0.05, 0.1) is 31.5 Å². The molecule has 9 nitrogen and oxygen atoms in total. The highest BCUT2D eigenvalue weighted by Crippen LogP contribution is 2.22. The monoisotopic (exact) mass is 479 g/mol. The van der Waals surface area contributed by atoms with Gasteiger partial charge >= 0.3 is 0 Å². The molecule has 8 atom stereocenters. The molecule has 0 bridgehead atoms. The summed E-state index contributed by atoms with van der Waals surface area (Å²) in [6, 6.07) is -0.926. The number of hydrogen-bond acceptors (Lipinski definition) is 9. The van der Waals surface area contributed by atoms with E-state index in [0.29, 0.717) is 6.42 Å². The maximum Gasteiger partial charge on any atom is 0.186 e. The van der Waals surface area contributed by atoms with Gasteiger partial charge in [0.15, 0.2) is 6.29 Å². The fraction of sp³-hybridized carbons (Fsp3) is 1.00. The van der Waals surface area contributed by atoms with Crippen LogP contribution in [-0.2, 0) is 9.47 Å². The molecule has 0 aliphatic carbocycles. The van der Waals surface area contributed by atoms with Crippen LogP contribution in [0.25, 0.3) is 0 Å². The number of aliphatic hydroxyl groups excluding tert-OH is 6. The standard InChI is InChI=1S/C24H49NO8/c1-2-3-4-5-6-7-8-9-10-11-12-13-14-18(27)20(28)17(25)16-32-24-23(31)22(30)21(29)19(15-26)33-24/h17-24,26-31H,2-16,25H2,1H3/t17?,18?,19-,20?,21-,22+,23-,24?/m1/s1. The molecule has 1 fully saturated rings. The summed E-state index contributed by atoms with van der Waals surface area (Å²) in [6.45, 7) is 1.44. The minimum atomic E-state index is -1.54. The lowest BCUT2D eigenvalue weighted by molar-refractivity contribution is -0.302. The van der Waals surface area contributed by atoms with Crippen LogP contribution in [0.5, 0.6) is 0 Å². The molecule has 0 radical (unpaired) electrons. The van der Waals surface area contributed by atoms with Gasteiger partial charge in [-0.25, -0.2) is 0 Å². The molecule has 0 aromatic heterocycles. The van der Waals surface area contributed by atoms with Crippen molar-refractivity contribution in [3.05, 3.63) is 0 Å². The summed E-state index contributed by atoms with van der Waals surface area (Å²) in [4.78, 5) is 0. The summed E-state index contributed by atoms with van der Waals surface area (Å²) in [6.07, 6.45) is 5.95. The Morgan fingerprint density at radius 3 is 1.82 bits per heavy atom. The predicted octanol–water partition coefficient (Wildman–Crippen LogP) is 0.943. The van der Waals surface area contributed by atoms with Crippen LogP contribution in [0.4, 0.5) is 0 Å². The first-order valence-corrected chi connectivity index (χ1v) is 12.9. The summed E-state index contributed by atoms with van der Waals surface area (Å²) < 4.78 is 10.6. The van der Waals surface area contributed by atoms with Gasteiger partial charge in [0.25, 0.3) is 0 Å². The summed E-state index contributed by atoms with van der Waals surface area (Å²) in [5, 5.41) is 59.2. The number of hydrogen-bond donors (Lipinski definition) is 7. The Balaban J connectivity index is 2.12. The third kappa shape index (κ3) is 11.7. The van der Waals surface area contributed by atoms with E-state index in [2.05, 4.69) is 6.92 Å². The van der Waals surface area contributed by atoms with Crippen LogP contribution < -0.4 is 5.73 Å². The molecular formula is C24H49NO8. The molecule has 9 heteroatoms. The topological polar surface area (TPSA) is 166 Å². The minimum Gasteiger partial charge on any atom is -0.394 e. The second-order valence-corrected chi connectivity index (χ2v) is 9.43. The van der Waals surface area contributed by atoms with E-state index in [0.717, 1.165) is 19.3 Å². The first-order chi connectivity index (χ1) is 15.8. The number of ether oxygens (including phenoxy) is 2. The highest BCUT2D eigenvalue weighted by atomic mass is 16.7. The number of unbranched alkanes of at least 4 members (excludes halogenated alkanes) is 11. The Morgan fingerprint density at radius 1 is 0.788 bits per heavy atom. The highest BCUT2D eigenvalue weighted by molar-refractivity contribution is 4.89. The SMILES string of the molecule is CCCCCCCCCCCCCCC(O)C(O)C(N)COC1O[C@H](CO)[C@@H](O)[C@H](O)[C@H]1O. The van der Waals surface area contributed by atoms with E-state index >= 15 is 0 Å². The van der Waals surface area contributed by atoms with Crippen molar-refractivity contribution in [2.75, 3.05) is 13.2 Å². The zero-order chi connectivity index (χ0) is 24.6. The van der Waals surface area contributed by atoms with Crippen molar-refractivity contribution in [2.45, 2.75) is 139 Å². The van der Waals surface area contributed by atoms with Crippen LogP contribution >= 0.6 is 0 Å². The van der Waals surface area contributed by atoms with Crippen LogP contribution in [-0.4, -0.2) is 92.8 Å². The van der Waals surface area contributed by atoms with E-state index in [1.165, 1.54) is 57.8 Å². The molecule has 1 saturated heterocycles. The molecule has 1 heterocycles. The second kappa shape index (κ2) is 18.0. The Labute approximate surface area is 198 Å². The van der Waals surface area contributed by atoms with Gasteiger partial charge in [0.2, 0.25) is 0 Å². The van der Waals surface area contributed by atoms with Gasteiger partial charge in [0, 0.05) is 0 Å². The Hall–Kier alpha value is -0.360. The van der Waals surface area contributed by atoms with Crippen LogP contribution in [0.3, 0.4) is 0 Å². The zero-order valence-corrected chi connectivity index (χ0v) is 20.3. The maximum atomic E-state index is 10.3. The Bertz CT molecular complexity index is 470. The van der Waals surface area contributed by atoms with Crippen LogP contribution in [0, 0.1) is 0 Å². The summed E-state index contributed by atoms with van der Waals surface area (Å²) in [5.41, 5.74) is 5.91. The molecule has 4 unspecified atom stereocenters. The number of aliphatic hydroxyl groups is 6. The van der Waals surface area contributed by atoms with Crippen LogP contribution in [0.1, 0.15) is 90.4 Å². The van der Waals surface area contributed by atoms with Gasteiger partial charge in [-0.1, -0.05) is 84.0 Å². The first kappa shape index (κ1) is 30.7. The average Bonchev–Trinajstić information content (AvgIpc) is 2.82. The lowest BCUT2D eigenvalue weighted by Crippen LogP contribution is -2.60. The van der Waals surface area contributed by atoms with Crippen molar-refractivity contribution in [3.63, 3.8) is 0 Å². The van der Waals surface area contributed by atoms with Crippen molar-refractivity contribution in [3.8, 4) is 0 Å². The summed E-state index contributed by atoms with van der Waals surface area (Å²) >= 11 is 0. The van der Waals surface area contributed by atoms with Gasteiger partial charge in [-0.2, -0.15) is 0 Å². The maximum absolute atomic E-state index is 10.3. The normalized spacial score (nSPS) is 28.5. The second-order valence-electron chi connectivity index (χ2n) is 9.43. The summed E-state index contributed by atoms with van der Waals surface area (Å²) in [5.74, 6) is 0. The largest absolute Gasteiger partial charge is 0.394 e. The molecule has 0 aromatic rings. The van der Waals surface area contributed by atoms with E-state index in [-0.39, 0.29) is 6.61 Å².